The molecule has 0 unspecified atom stereocenters. The number of nitrogens with zero attached hydrogens (tertiary/aromatic N) is 1. The Balaban J connectivity index is 1.75. The second-order valence-corrected chi connectivity index (χ2v) is 6.78. The molecule has 0 bridgehead atoms. The Morgan fingerprint density at radius 2 is 1.85 bits per heavy atom. The fraction of sp³-hybridized carbons (Fsp3) is 0.579. The van der Waals surface area contributed by atoms with Crippen LogP contribution in [0.4, 0.5) is 5.69 Å². The molecule has 0 spiro atoms. The predicted octanol–water partition coefficient (Wildman–Crippen LogP) is 1.40. The maximum Gasteiger partial charge on any atom is 0.321 e. The Labute approximate surface area is 154 Å². The van der Waals surface area contributed by atoms with Gasteiger partial charge in [-0.1, -0.05) is 6.07 Å². The topological polar surface area (TPSA) is 90.9 Å². The molecule has 7 nitrogen and oxygen atoms in total. The maximum absolute atomic E-state index is 12.2. The number of ether oxygens (including phenoxy) is 1. The smallest absolute Gasteiger partial charge is 0.321 e. The van der Waals surface area contributed by atoms with E-state index in [1.165, 1.54) is 0 Å². The molecule has 1 heterocycles. The zero-order valence-electron chi connectivity index (χ0n) is 15.6. The molecule has 1 atom stereocenters. The Kier molecular flexibility index (Phi) is 8.03. The molecule has 26 heavy (non-hydrogen) atoms. The molecule has 0 aliphatic carbocycles. The van der Waals surface area contributed by atoms with Crippen LogP contribution in [-0.2, 0) is 14.3 Å². The van der Waals surface area contributed by atoms with Crippen molar-refractivity contribution in [3.8, 4) is 0 Å². The highest BCUT2D eigenvalue weighted by Crippen LogP contribution is 2.14. The second-order valence-electron chi connectivity index (χ2n) is 6.78. The van der Waals surface area contributed by atoms with Gasteiger partial charge in [0.1, 0.15) is 6.04 Å². The van der Waals surface area contributed by atoms with E-state index in [4.69, 9.17) is 4.74 Å². The number of aryl methyl sites for hydroxylation is 2. The van der Waals surface area contributed by atoms with Crippen LogP contribution in [0.25, 0.3) is 0 Å². The van der Waals surface area contributed by atoms with Gasteiger partial charge in [0.05, 0.1) is 19.6 Å². The average molecular weight is 363 g/mol. The fourth-order valence-electron chi connectivity index (χ4n) is 3.09. The first-order chi connectivity index (χ1) is 12.4. The summed E-state index contributed by atoms with van der Waals surface area (Å²) in [6, 6.07) is 4.88. The average Bonchev–Trinajstić information content (AvgIpc) is 2.57. The molecule has 1 saturated heterocycles. The molecule has 3 N–H and O–H groups in total. The van der Waals surface area contributed by atoms with Crippen molar-refractivity contribution in [3.05, 3.63) is 29.3 Å². The lowest BCUT2D eigenvalue weighted by atomic mass is 10.1. The molecule has 7 heteroatoms. The van der Waals surface area contributed by atoms with Gasteiger partial charge in [-0.3, -0.25) is 14.5 Å². The molecular formula is C19H29N3O4. The minimum Gasteiger partial charge on any atom is -0.480 e. The van der Waals surface area contributed by atoms with Crippen LogP contribution in [0.5, 0.6) is 0 Å². The van der Waals surface area contributed by atoms with Crippen LogP contribution in [0, 0.1) is 13.8 Å². The summed E-state index contributed by atoms with van der Waals surface area (Å²) < 4.78 is 5.30. The normalized spacial score (nSPS) is 16.2. The molecule has 0 aromatic heterocycles. The van der Waals surface area contributed by atoms with Crippen molar-refractivity contribution in [2.45, 2.75) is 32.7 Å². The maximum atomic E-state index is 12.2. The first-order valence-corrected chi connectivity index (χ1v) is 9.08. The monoisotopic (exact) mass is 363 g/mol. The van der Waals surface area contributed by atoms with Crippen molar-refractivity contribution in [3.63, 3.8) is 0 Å². The lowest BCUT2D eigenvalue weighted by molar-refractivity contribution is -0.141. The van der Waals surface area contributed by atoms with E-state index >= 15 is 0 Å². The third-order valence-corrected chi connectivity index (χ3v) is 4.34. The van der Waals surface area contributed by atoms with Gasteiger partial charge in [-0.15, -0.1) is 0 Å². The Hall–Kier alpha value is -1.96. The number of morpholine rings is 1. The number of rotatable bonds is 9. The number of anilines is 1. The first kappa shape index (κ1) is 20.4. The Morgan fingerprint density at radius 1 is 1.19 bits per heavy atom. The van der Waals surface area contributed by atoms with E-state index in [0.717, 1.165) is 50.4 Å². The number of amides is 1. The summed E-state index contributed by atoms with van der Waals surface area (Å²) in [5.41, 5.74) is 2.80. The number of hydrogen-bond donors (Lipinski definition) is 3. The van der Waals surface area contributed by atoms with E-state index < -0.39 is 12.0 Å². The molecule has 1 aliphatic rings. The molecular weight excluding hydrogens is 334 g/mol. The lowest BCUT2D eigenvalue weighted by Crippen LogP contribution is -2.42. The Bertz CT molecular complexity index is 595. The number of carbonyl (C=O) groups is 2. The van der Waals surface area contributed by atoms with Gasteiger partial charge in [-0.05, 0) is 56.6 Å². The summed E-state index contributed by atoms with van der Waals surface area (Å²) in [4.78, 5) is 25.9. The highest BCUT2D eigenvalue weighted by atomic mass is 16.5. The van der Waals surface area contributed by atoms with Crippen LogP contribution in [0.2, 0.25) is 0 Å². The van der Waals surface area contributed by atoms with Crippen LogP contribution in [0.1, 0.15) is 24.0 Å². The van der Waals surface area contributed by atoms with Crippen LogP contribution < -0.4 is 10.6 Å². The second kappa shape index (κ2) is 10.3. The van der Waals surface area contributed by atoms with E-state index in [-0.39, 0.29) is 12.3 Å². The van der Waals surface area contributed by atoms with Gasteiger partial charge in [0.2, 0.25) is 5.91 Å². The highest BCUT2D eigenvalue weighted by molar-refractivity contribution is 5.94. The van der Waals surface area contributed by atoms with Crippen LogP contribution in [0.3, 0.4) is 0 Å². The van der Waals surface area contributed by atoms with E-state index in [9.17, 15) is 14.7 Å². The van der Waals surface area contributed by atoms with Crippen molar-refractivity contribution in [2.75, 3.05) is 44.7 Å². The fourth-order valence-corrected chi connectivity index (χ4v) is 3.09. The quantitative estimate of drug-likeness (QED) is 0.575. The van der Waals surface area contributed by atoms with E-state index in [1.807, 2.05) is 32.0 Å². The third kappa shape index (κ3) is 7.11. The van der Waals surface area contributed by atoms with Crippen molar-refractivity contribution >= 4 is 17.6 Å². The molecule has 1 aromatic rings. The number of benzene rings is 1. The van der Waals surface area contributed by atoms with E-state index in [1.54, 1.807) is 0 Å². The van der Waals surface area contributed by atoms with Gasteiger partial charge in [-0.25, -0.2) is 0 Å². The van der Waals surface area contributed by atoms with Gasteiger partial charge in [0.15, 0.2) is 0 Å². The molecule has 2 rings (SSSR count). The van der Waals surface area contributed by atoms with Gasteiger partial charge < -0.3 is 20.5 Å². The summed E-state index contributed by atoms with van der Waals surface area (Å²) in [6.45, 7) is 8.72. The van der Waals surface area contributed by atoms with Crippen molar-refractivity contribution in [1.82, 2.24) is 10.2 Å². The van der Waals surface area contributed by atoms with Crippen LogP contribution in [0.15, 0.2) is 18.2 Å². The number of nitrogens with one attached hydrogen (secondary N) is 2. The predicted molar refractivity (Wildman–Crippen MR) is 100 cm³/mol. The third-order valence-electron chi connectivity index (χ3n) is 4.34. The Morgan fingerprint density at radius 3 is 2.46 bits per heavy atom. The summed E-state index contributed by atoms with van der Waals surface area (Å²) in [7, 11) is 0. The number of aliphatic carboxylic acids is 1. The van der Waals surface area contributed by atoms with Gasteiger partial charge in [-0.2, -0.15) is 0 Å². The van der Waals surface area contributed by atoms with Crippen molar-refractivity contribution in [2.24, 2.45) is 0 Å². The SMILES string of the molecule is Cc1cc(C)cc(NC(=O)C[C@@H](NCCCN2CCOCC2)C(=O)O)c1. The lowest BCUT2D eigenvalue weighted by Gasteiger charge is -2.26. The summed E-state index contributed by atoms with van der Waals surface area (Å²) in [6.07, 6.45) is 0.738. The summed E-state index contributed by atoms with van der Waals surface area (Å²) in [5, 5.41) is 15.1. The minimum absolute atomic E-state index is 0.0973. The molecule has 1 aromatic carbocycles. The van der Waals surface area contributed by atoms with Crippen LogP contribution >= 0.6 is 0 Å². The van der Waals surface area contributed by atoms with Gasteiger partial charge in [0, 0.05) is 18.8 Å². The summed E-state index contributed by atoms with van der Waals surface area (Å²) in [5.74, 6) is -1.31. The van der Waals surface area contributed by atoms with Crippen molar-refractivity contribution < 1.29 is 19.4 Å². The molecule has 1 fully saturated rings. The first-order valence-electron chi connectivity index (χ1n) is 9.08. The van der Waals surface area contributed by atoms with Gasteiger partial charge >= 0.3 is 5.97 Å². The zero-order chi connectivity index (χ0) is 18.9. The number of carbonyl (C=O) groups excluding carboxylic acids is 1. The highest BCUT2D eigenvalue weighted by Gasteiger charge is 2.21. The van der Waals surface area contributed by atoms with Gasteiger partial charge in [0.25, 0.3) is 0 Å². The standard InChI is InChI=1S/C19H29N3O4/c1-14-10-15(2)12-16(11-14)21-18(23)13-17(19(24)25)20-4-3-5-22-6-8-26-9-7-22/h10-12,17,20H,3-9,13H2,1-2H3,(H,21,23)(H,24,25)/t17-/m1/s1. The summed E-state index contributed by atoms with van der Waals surface area (Å²) >= 11 is 0. The van der Waals surface area contributed by atoms with E-state index in [0.29, 0.717) is 12.2 Å². The molecule has 0 saturated carbocycles. The number of carboxylic acids is 1. The van der Waals surface area contributed by atoms with Crippen molar-refractivity contribution in [1.29, 1.82) is 0 Å². The minimum atomic E-state index is -1.01. The van der Waals surface area contributed by atoms with Crippen LogP contribution in [-0.4, -0.2) is 67.3 Å². The number of hydrogen-bond acceptors (Lipinski definition) is 5. The molecule has 144 valence electrons. The molecule has 0 radical (unpaired) electrons. The molecule has 1 aliphatic heterocycles. The molecule has 1 amide bonds. The largest absolute Gasteiger partial charge is 0.480 e. The van der Waals surface area contributed by atoms with E-state index in [2.05, 4.69) is 15.5 Å². The zero-order valence-corrected chi connectivity index (χ0v) is 15.6. The number of carboxylic acid groups (broad SMARTS) is 1.